The molecule has 1 unspecified atom stereocenters. The SMILES string of the molecule is CC(NC(C)(C)CNc1cccc(C#N)n1)c1ccccc1. The first kappa shape index (κ1) is 16.0. The van der Waals surface area contributed by atoms with Crippen LogP contribution in [0.25, 0.3) is 0 Å². The van der Waals surface area contributed by atoms with Gasteiger partial charge < -0.3 is 10.6 Å². The lowest BCUT2D eigenvalue weighted by Crippen LogP contribution is -2.46. The number of pyridine rings is 1. The third-order valence-electron chi connectivity index (χ3n) is 3.48. The van der Waals surface area contributed by atoms with Gasteiger partial charge in [-0.15, -0.1) is 0 Å². The Hall–Kier alpha value is -2.38. The molecule has 2 aromatic rings. The maximum Gasteiger partial charge on any atom is 0.142 e. The molecule has 0 radical (unpaired) electrons. The highest BCUT2D eigenvalue weighted by Crippen LogP contribution is 2.16. The molecule has 0 aliphatic heterocycles. The average molecular weight is 294 g/mol. The van der Waals surface area contributed by atoms with Crippen LogP contribution < -0.4 is 10.6 Å². The van der Waals surface area contributed by atoms with Gasteiger partial charge in [-0.3, -0.25) is 0 Å². The van der Waals surface area contributed by atoms with E-state index < -0.39 is 0 Å². The maximum absolute atomic E-state index is 8.88. The molecular formula is C18H22N4. The Balaban J connectivity index is 1.94. The quantitative estimate of drug-likeness (QED) is 0.856. The molecule has 114 valence electrons. The number of nitrogens with zero attached hydrogens (tertiary/aromatic N) is 2. The van der Waals surface area contributed by atoms with Gasteiger partial charge in [0.25, 0.3) is 0 Å². The van der Waals surface area contributed by atoms with Crippen molar-refractivity contribution in [2.45, 2.75) is 32.4 Å². The molecule has 4 heteroatoms. The van der Waals surface area contributed by atoms with Crippen molar-refractivity contribution in [2.75, 3.05) is 11.9 Å². The van der Waals surface area contributed by atoms with Crippen LogP contribution in [0.5, 0.6) is 0 Å². The number of hydrogen-bond acceptors (Lipinski definition) is 4. The Bertz CT molecular complexity index is 644. The van der Waals surface area contributed by atoms with E-state index in [1.165, 1.54) is 5.56 Å². The fourth-order valence-electron chi connectivity index (χ4n) is 2.37. The van der Waals surface area contributed by atoms with Crippen LogP contribution in [-0.2, 0) is 0 Å². The number of anilines is 1. The second kappa shape index (κ2) is 7.06. The summed E-state index contributed by atoms with van der Waals surface area (Å²) in [7, 11) is 0. The molecule has 1 atom stereocenters. The molecule has 0 aliphatic rings. The van der Waals surface area contributed by atoms with Crippen LogP contribution in [0, 0.1) is 11.3 Å². The first-order valence-electron chi connectivity index (χ1n) is 7.44. The van der Waals surface area contributed by atoms with Gasteiger partial charge in [-0.2, -0.15) is 5.26 Å². The fourth-order valence-corrected chi connectivity index (χ4v) is 2.37. The zero-order valence-electron chi connectivity index (χ0n) is 13.3. The van der Waals surface area contributed by atoms with Gasteiger partial charge in [-0.25, -0.2) is 4.98 Å². The number of hydrogen-bond donors (Lipinski definition) is 2. The molecule has 2 N–H and O–H groups in total. The van der Waals surface area contributed by atoms with Gasteiger partial charge in [-0.1, -0.05) is 36.4 Å². The Kier molecular flexibility index (Phi) is 5.13. The van der Waals surface area contributed by atoms with Crippen molar-refractivity contribution in [1.82, 2.24) is 10.3 Å². The highest BCUT2D eigenvalue weighted by atomic mass is 15.1. The molecule has 0 bridgehead atoms. The minimum atomic E-state index is -0.112. The van der Waals surface area contributed by atoms with Gasteiger partial charge in [0, 0.05) is 18.1 Å². The van der Waals surface area contributed by atoms with Gasteiger partial charge in [0.05, 0.1) is 0 Å². The van der Waals surface area contributed by atoms with Crippen molar-refractivity contribution in [2.24, 2.45) is 0 Å². The fraction of sp³-hybridized carbons (Fsp3) is 0.333. The minimum Gasteiger partial charge on any atom is -0.368 e. The summed E-state index contributed by atoms with van der Waals surface area (Å²) in [5.41, 5.74) is 1.58. The second-order valence-corrected chi connectivity index (χ2v) is 6.03. The van der Waals surface area contributed by atoms with E-state index in [0.717, 1.165) is 5.82 Å². The monoisotopic (exact) mass is 294 g/mol. The summed E-state index contributed by atoms with van der Waals surface area (Å²) in [4.78, 5) is 4.23. The zero-order chi connectivity index (χ0) is 16.0. The molecule has 0 saturated carbocycles. The number of benzene rings is 1. The van der Waals surface area contributed by atoms with Crippen molar-refractivity contribution < 1.29 is 0 Å². The predicted octanol–water partition coefficient (Wildman–Crippen LogP) is 3.49. The van der Waals surface area contributed by atoms with E-state index in [2.05, 4.69) is 66.7 Å². The lowest BCUT2D eigenvalue weighted by Gasteiger charge is -2.31. The molecule has 2 rings (SSSR count). The second-order valence-electron chi connectivity index (χ2n) is 6.03. The summed E-state index contributed by atoms with van der Waals surface area (Å²) in [5, 5.41) is 15.8. The maximum atomic E-state index is 8.88. The number of rotatable bonds is 6. The summed E-state index contributed by atoms with van der Waals surface area (Å²) in [6.07, 6.45) is 0. The first-order chi connectivity index (χ1) is 10.5. The molecule has 0 spiro atoms. The van der Waals surface area contributed by atoms with Gasteiger partial charge in [0.15, 0.2) is 0 Å². The van der Waals surface area contributed by atoms with Crippen molar-refractivity contribution in [3.8, 4) is 6.07 Å². The predicted molar refractivity (Wildman–Crippen MR) is 89.5 cm³/mol. The third kappa shape index (κ3) is 4.57. The lowest BCUT2D eigenvalue weighted by molar-refractivity contribution is 0.364. The highest BCUT2D eigenvalue weighted by Gasteiger charge is 2.20. The van der Waals surface area contributed by atoms with E-state index in [-0.39, 0.29) is 11.6 Å². The molecule has 1 heterocycles. The van der Waals surface area contributed by atoms with Gasteiger partial charge in [-0.05, 0) is 38.5 Å². The summed E-state index contributed by atoms with van der Waals surface area (Å²) in [6, 6.07) is 18.1. The molecule has 0 amide bonds. The zero-order valence-corrected chi connectivity index (χ0v) is 13.3. The molecule has 1 aromatic carbocycles. The third-order valence-corrected chi connectivity index (χ3v) is 3.48. The summed E-state index contributed by atoms with van der Waals surface area (Å²) < 4.78 is 0. The van der Waals surface area contributed by atoms with Crippen LogP contribution in [0.15, 0.2) is 48.5 Å². The van der Waals surface area contributed by atoms with Crippen molar-refractivity contribution >= 4 is 5.82 Å². The number of nitrogens with one attached hydrogen (secondary N) is 2. The van der Waals surface area contributed by atoms with Crippen molar-refractivity contribution in [3.05, 3.63) is 59.8 Å². The molecule has 4 nitrogen and oxygen atoms in total. The Morgan fingerprint density at radius 1 is 1.14 bits per heavy atom. The molecule has 22 heavy (non-hydrogen) atoms. The first-order valence-corrected chi connectivity index (χ1v) is 7.44. The normalized spacial score (nSPS) is 12.5. The summed E-state index contributed by atoms with van der Waals surface area (Å²) in [6.45, 7) is 7.17. The standard InChI is InChI=1S/C18H22N4/c1-14(15-8-5-4-6-9-15)22-18(2,3)13-20-17-11-7-10-16(12-19)21-17/h4-11,14,22H,13H2,1-3H3,(H,20,21). The van der Waals surface area contributed by atoms with E-state index in [4.69, 9.17) is 5.26 Å². The summed E-state index contributed by atoms with van der Waals surface area (Å²) in [5.74, 6) is 0.723. The molecule has 0 saturated heterocycles. The van der Waals surface area contributed by atoms with E-state index >= 15 is 0 Å². The van der Waals surface area contributed by atoms with Crippen LogP contribution >= 0.6 is 0 Å². The molecule has 0 fully saturated rings. The van der Waals surface area contributed by atoms with Crippen molar-refractivity contribution in [3.63, 3.8) is 0 Å². The highest BCUT2D eigenvalue weighted by molar-refractivity contribution is 5.38. The van der Waals surface area contributed by atoms with Crippen LogP contribution in [0.4, 0.5) is 5.82 Å². The Morgan fingerprint density at radius 2 is 1.86 bits per heavy atom. The van der Waals surface area contributed by atoms with Crippen LogP contribution in [-0.4, -0.2) is 17.1 Å². The van der Waals surface area contributed by atoms with Crippen LogP contribution in [0.1, 0.15) is 38.1 Å². The Labute approximate surface area is 132 Å². The lowest BCUT2D eigenvalue weighted by atomic mass is 10.0. The average Bonchev–Trinajstić information content (AvgIpc) is 2.54. The largest absolute Gasteiger partial charge is 0.368 e. The van der Waals surface area contributed by atoms with E-state index in [0.29, 0.717) is 12.2 Å². The smallest absolute Gasteiger partial charge is 0.142 e. The van der Waals surface area contributed by atoms with E-state index in [1.807, 2.05) is 18.2 Å². The van der Waals surface area contributed by atoms with E-state index in [1.54, 1.807) is 6.07 Å². The van der Waals surface area contributed by atoms with Gasteiger partial charge in [0.2, 0.25) is 0 Å². The number of nitriles is 1. The van der Waals surface area contributed by atoms with E-state index in [9.17, 15) is 0 Å². The van der Waals surface area contributed by atoms with Crippen LogP contribution in [0.3, 0.4) is 0 Å². The van der Waals surface area contributed by atoms with Gasteiger partial charge in [0.1, 0.15) is 17.6 Å². The molecular weight excluding hydrogens is 272 g/mol. The minimum absolute atomic E-state index is 0.112. The summed E-state index contributed by atoms with van der Waals surface area (Å²) >= 11 is 0. The van der Waals surface area contributed by atoms with Gasteiger partial charge >= 0.3 is 0 Å². The number of aromatic nitrogens is 1. The van der Waals surface area contributed by atoms with Crippen molar-refractivity contribution in [1.29, 1.82) is 5.26 Å². The molecule has 0 aliphatic carbocycles. The Morgan fingerprint density at radius 3 is 2.55 bits per heavy atom. The molecule has 1 aromatic heterocycles. The van der Waals surface area contributed by atoms with Crippen LogP contribution in [0.2, 0.25) is 0 Å². The topological polar surface area (TPSA) is 60.7 Å².